The van der Waals surface area contributed by atoms with Crippen LogP contribution < -0.4 is 4.90 Å². The average Bonchev–Trinajstić information content (AvgIpc) is 3.41. The van der Waals surface area contributed by atoms with Gasteiger partial charge in [0.15, 0.2) is 0 Å². The van der Waals surface area contributed by atoms with E-state index in [0.717, 1.165) is 26.3 Å². The normalized spacial score (nSPS) is 19.2. The molecule has 7 rings (SSSR count). The van der Waals surface area contributed by atoms with Gasteiger partial charge in [0.25, 0.3) is 0 Å². The standard InChI is InChI=1S/C44H55Br2N3/c1-40(2,3)26-14-16-27(17-15-26)49(38-36(45)28-22-30-32(24-34(28)47(38)12)43(8,9)20-18-41(30,4)5)39-37(46)29-23-31-33(25-35(29)48(39)13)44(10,11)21-19-42(31,6)7/h14-17,22-25H,18-21H2,1-13H3. The predicted molar refractivity (Wildman–Crippen MR) is 219 cm³/mol. The minimum Gasteiger partial charge on any atom is -0.329 e. The lowest BCUT2D eigenvalue weighted by molar-refractivity contribution is 0.332. The Labute approximate surface area is 311 Å². The molecule has 0 saturated heterocycles. The van der Waals surface area contributed by atoms with Gasteiger partial charge in [-0.05, 0) is 149 Å². The number of aromatic nitrogens is 2. The molecule has 0 unspecified atom stereocenters. The van der Waals surface area contributed by atoms with E-state index in [1.807, 2.05) is 0 Å². The zero-order valence-electron chi connectivity index (χ0n) is 32.0. The molecule has 0 spiro atoms. The van der Waals surface area contributed by atoms with E-state index in [1.54, 1.807) is 0 Å². The number of rotatable bonds is 3. The van der Waals surface area contributed by atoms with Crippen LogP contribution in [0.25, 0.3) is 21.8 Å². The van der Waals surface area contributed by atoms with E-state index in [1.165, 1.54) is 75.3 Å². The maximum Gasteiger partial charge on any atom is 0.134 e. The van der Waals surface area contributed by atoms with Crippen molar-refractivity contribution in [2.24, 2.45) is 14.1 Å². The number of hydrogen-bond donors (Lipinski definition) is 0. The Morgan fingerprint density at radius 1 is 0.551 bits per heavy atom. The van der Waals surface area contributed by atoms with Gasteiger partial charge >= 0.3 is 0 Å². The molecule has 49 heavy (non-hydrogen) atoms. The summed E-state index contributed by atoms with van der Waals surface area (Å²) in [5.74, 6) is 2.27. The van der Waals surface area contributed by atoms with Gasteiger partial charge in [0.05, 0.1) is 20.0 Å². The summed E-state index contributed by atoms with van der Waals surface area (Å²) >= 11 is 8.46. The highest BCUT2D eigenvalue weighted by molar-refractivity contribution is 9.11. The lowest BCUT2D eigenvalue weighted by Gasteiger charge is -2.42. The summed E-state index contributed by atoms with van der Waals surface area (Å²) in [6, 6.07) is 19.2. The van der Waals surface area contributed by atoms with Crippen LogP contribution in [-0.2, 0) is 41.2 Å². The van der Waals surface area contributed by atoms with Crippen LogP contribution in [0.3, 0.4) is 0 Å². The van der Waals surface area contributed by atoms with Crippen molar-refractivity contribution in [3.63, 3.8) is 0 Å². The van der Waals surface area contributed by atoms with Crippen molar-refractivity contribution in [2.75, 3.05) is 4.90 Å². The second-order valence-corrected chi connectivity index (χ2v) is 20.5. The van der Waals surface area contributed by atoms with Crippen LogP contribution in [0.5, 0.6) is 0 Å². The lowest BCUT2D eigenvalue weighted by Crippen LogP contribution is -2.33. The molecule has 0 aliphatic heterocycles. The highest BCUT2D eigenvalue weighted by Gasteiger charge is 2.40. The molecule has 2 heterocycles. The van der Waals surface area contributed by atoms with E-state index in [0.29, 0.717) is 0 Å². The van der Waals surface area contributed by atoms with Crippen molar-refractivity contribution in [1.82, 2.24) is 9.13 Å². The van der Waals surface area contributed by atoms with Crippen LogP contribution in [0.15, 0.2) is 57.5 Å². The topological polar surface area (TPSA) is 13.1 Å². The molecular weight excluding hydrogens is 730 g/mol. The van der Waals surface area contributed by atoms with Crippen molar-refractivity contribution >= 4 is 71.0 Å². The highest BCUT2D eigenvalue weighted by atomic mass is 79.9. The van der Waals surface area contributed by atoms with Crippen LogP contribution in [0.2, 0.25) is 0 Å². The van der Waals surface area contributed by atoms with Crippen molar-refractivity contribution < 1.29 is 0 Å². The Hall–Kier alpha value is -2.50. The molecule has 5 aromatic rings. The van der Waals surface area contributed by atoms with Crippen LogP contribution in [0.1, 0.15) is 130 Å². The van der Waals surface area contributed by atoms with Gasteiger partial charge in [0.2, 0.25) is 0 Å². The van der Waals surface area contributed by atoms with Crippen LogP contribution in [-0.4, -0.2) is 9.13 Å². The number of halogens is 2. The van der Waals surface area contributed by atoms with Gasteiger partial charge < -0.3 is 9.13 Å². The van der Waals surface area contributed by atoms with Gasteiger partial charge in [-0.25, -0.2) is 0 Å². The maximum absolute atomic E-state index is 4.23. The molecule has 3 nitrogen and oxygen atoms in total. The highest BCUT2D eigenvalue weighted by Crippen LogP contribution is 2.54. The number of nitrogens with zero attached hydrogens (tertiary/aromatic N) is 3. The molecule has 260 valence electrons. The third kappa shape index (κ3) is 5.30. The first kappa shape index (κ1) is 34.9. The molecular formula is C44H55Br2N3. The van der Waals surface area contributed by atoms with Gasteiger partial charge in [-0.1, -0.05) is 88.3 Å². The fourth-order valence-electron chi connectivity index (χ4n) is 8.83. The molecule has 0 fully saturated rings. The van der Waals surface area contributed by atoms with Gasteiger partial charge in [0, 0.05) is 30.6 Å². The van der Waals surface area contributed by atoms with Crippen molar-refractivity contribution in [3.8, 4) is 0 Å². The smallest absolute Gasteiger partial charge is 0.134 e. The number of hydrogen-bond acceptors (Lipinski definition) is 1. The first-order valence-corrected chi connectivity index (χ1v) is 19.7. The van der Waals surface area contributed by atoms with Crippen molar-refractivity contribution in [3.05, 3.63) is 85.3 Å². The monoisotopic (exact) mass is 783 g/mol. The third-order valence-corrected chi connectivity index (χ3v) is 14.1. The molecule has 2 aliphatic carbocycles. The number of aryl methyl sites for hydroxylation is 2. The zero-order chi connectivity index (χ0) is 35.8. The Balaban J connectivity index is 1.54. The molecule has 0 amide bonds. The summed E-state index contributed by atoms with van der Waals surface area (Å²) in [5, 5.41) is 2.54. The minimum atomic E-state index is 0.0706. The summed E-state index contributed by atoms with van der Waals surface area (Å²) in [5.41, 5.74) is 11.5. The Morgan fingerprint density at radius 2 is 0.878 bits per heavy atom. The average molecular weight is 786 g/mol. The summed E-state index contributed by atoms with van der Waals surface area (Å²) in [4.78, 5) is 2.48. The van der Waals surface area contributed by atoms with Gasteiger partial charge in [-0.3, -0.25) is 4.90 Å². The second-order valence-electron chi connectivity index (χ2n) is 18.9. The van der Waals surface area contributed by atoms with Crippen LogP contribution in [0.4, 0.5) is 17.3 Å². The fourth-order valence-corrected chi connectivity index (χ4v) is 10.3. The van der Waals surface area contributed by atoms with Gasteiger partial charge in [0.1, 0.15) is 11.6 Å². The zero-order valence-corrected chi connectivity index (χ0v) is 35.2. The van der Waals surface area contributed by atoms with E-state index in [4.69, 9.17) is 0 Å². The minimum absolute atomic E-state index is 0.0706. The SMILES string of the molecule is Cn1c(N(c2ccc(C(C)(C)C)cc2)c2c(Br)c3cc4c(cc3n2C)C(C)(C)CCC4(C)C)c(Br)c2cc3c(cc21)C(C)(C)CCC3(C)C. The molecule has 0 saturated carbocycles. The number of benzene rings is 3. The number of fused-ring (bicyclic) bond motifs is 4. The van der Waals surface area contributed by atoms with E-state index in [9.17, 15) is 0 Å². The first-order chi connectivity index (χ1) is 22.6. The second kappa shape index (κ2) is 11.0. The van der Waals surface area contributed by atoms with E-state index < -0.39 is 0 Å². The summed E-state index contributed by atoms with van der Waals surface area (Å²) in [6.07, 6.45) is 4.79. The molecule has 2 aromatic heterocycles. The van der Waals surface area contributed by atoms with Gasteiger partial charge in [-0.15, -0.1) is 0 Å². The first-order valence-electron chi connectivity index (χ1n) is 18.1. The Morgan fingerprint density at radius 3 is 1.20 bits per heavy atom. The molecule has 2 aliphatic rings. The predicted octanol–water partition coefficient (Wildman–Crippen LogP) is 13.7. The molecule has 0 atom stereocenters. The fraction of sp³-hybridized carbons (Fsp3) is 0.500. The van der Waals surface area contributed by atoms with Crippen LogP contribution in [0, 0.1) is 0 Å². The molecule has 5 heteroatoms. The summed E-state index contributed by atoms with van der Waals surface area (Å²) in [6.45, 7) is 26.2. The molecule has 0 bridgehead atoms. The third-order valence-electron chi connectivity index (χ3n) is 12.6. The quantitative estimate of drug-likeness (QED) is 0.178. The van der Waals surface area contributed by atoms with E-state index in [2.05, 4.69) is 185 Å². The molecule has 0 N–H and O–H groups in total. The van der Waals surface area contributed by atoms with Crippen LogP contribution >= 0.6 is 31.9 Å². The lowest BCUT2D eigenvalue weighted by atomic mass is 9.63. The van der Waals surface area contributed by atoms with Gasteiger partial charge in [-0.2, -0.15) is 0 Å². The summed E-state index contributed by atoms with van der Waals surface area (Å²) < 4.78 is 7.09. The van der Waals surface area contributed by atoms with E-state index in [-0.39, 0.29) is 27.1 Å². The van der Waals surface area contributed by atoms with E-state index >= 15 is 0 Å². The number of anilines is 3. The Bertz CT molecular complexity index is 1900. The largest absolute Gasteiger partial charge is 0.329 e. The van der Waals surface area contributed by atoms with Crippen molar-refractivity contribution in [2.45, 2.75) is 129 Å². The van der Waals surface area contributed by atoms with Crippen molar-refractivity contribution in [1.29, 1.82) is 0 Å². The molecule has 3 aromatic carbocycles. The Kier molecular flexibility index (Phi) is 7.84. The molecule has 0 radical (unpaired) electrons. The maximum atomic E-state index is 4.23. The summed E-state index contributed by atoms with van der Waals surface area (Å²) in [7, 11) is 4.49.